The monoisotopic (exact) mass is 459 g/mol. The number of hydrogen-bond acceptors (Lipinski definition) is 5. The average molecular weight is 460 g/mol. The van der Waals surface area contributed by atoms with Crippen molar-refractivity contribution < 1.29 is 4.79 Å². The van der Waals surface area contributed by atoms with E-state index in [1.54, 1.807) is 31.0 Å². The summed E-state index contributed by atoms with van der Waals surface area (Å²) in [4.78, 5) is 28.3. The molecule has 0 unspecified atom stereocenters. The Bertz CT molecular complexity index is 1680. The quantitative estimate of drug-likeness (QED) is 0.312. The molecule has 0 aliphatic rings. The fourth-order valence-electron chi connectivity index (χ4n) is 4.24. The van der Waals surface area contributed by atoms with Crippen LogP contribution in [0.2, 0.25) is 0 Å². The molecule has 0 bridgehead atoms. The summed E-state index contributed by atoms with van der Waals surface area (Å²) in [6, 6.07) is 16.0. The van der Waals surface area contributed by atoms with Crippen molar-refractivity contribution in [3.05, 3.63) is 79.5 Å². The lowest BCUT2D eigenvalue weighted by molar-refractivity contribution is -0.115. The second kappa shape index (κ2) is 8.49. The molecule has 1 aromatic carbocycles. The van der Waals surface area contributed by atoms with Crippen LogP contribution in [0, 0.1) is 0 Å². The minimum absolute atomic E-state index is 0.0454. The predicted octanol–water partition coefficient (Wildman–Crippen LogP) is 5.58. The number of nitrogens with zero attached hydrogens (tertiary/aromatic N) is 4. The number of pyridine rings is 3. The fraction of sp³-hybridized carbons (Fsp3) is 0.0741. The van der Waals surface area contributed by atoms with Crippen molar-refractivity contribution in [3.63, 3.8) is 0 Å². The van der Waals surface area contributed by atoms with E-state index in [0.717, 1.165) is 55.6 Å². The summed E-state index contributed by atoms with van der Waals surface area (Å²) in [5.41, 5.74) is 8.10. The molecule has 0 atom stereocenters. The van der Waals surface area contributed by atoms with E-state index in [-0.39, 0.29) is 5.91 Å². The largest absolute Gasteiger partial charge is 0.353 e. The molecular weight excluding hydrogens is 438 g/mol. The minimum atomic E-state index is -0.0454. The van der Waals surface area contributed by atoms with Gasteiger partial charge in [0.1, 0.15) is 5.69 Å². The number of fused-ring (bicyclic) bond motifs is 2. The summed E-state index contributed by atoms with van der Waals surface area (Å²) < 4.78 is 0. The van der Waals surface area contributed by atoms with Crippen LogP contribution in [0.5, 0.6) is 0 Å². The number of nitrogens with one attached hydrogen (secondary N) is 3. The number of aromatic nitrogens is 6. The lowest BCUT2D eigenvalue weighted by Crippen LogP contribution is -2.09. The van der Waals surface area contributed by atoms with Crippen LogP contribution in [0.25, 0.3) is 55.6 Å². The smallest absolute Gasteiger partial charge is 0.224 e. The van der Waals surface area contributed by atoms with Crippen LogP contribution in [-0.2, 0) is 4.79 Å². The van der Waals surface area contributed by atoms with Crippen LogP contribution in [0.1, 0.15) is 13.3 Å². The van der Waals surface area contributed by atoms with Crippen molar-refractivity contribution in [2.45, 2.75) is 13.3 Å². The van der Waals surface area contributed by atoms with Gasteiger partial charge in [-0.25, -0.2) is 0 Å². The summed E-state index contributed by atoms with van der Waals surface area (Å²) in [6.07, 6.45) is 9.19. The van der Waals surface area contributed by atoms with Gasteiger partial charge < -0.3 is 10.3 Å². The van der Waals surface area contributed by atoms with E-state index in [1.165, 1.54) is 0 Å². The molecule has 0 saturated carbocycles. The number of H-pyrrole nitrogens is 2. The van der Waals surface area contributed by atoms with Gasteiger partial charge in [-0.05, 0) is 48.0 Å². The number of carbonyl (C=O) groups excluding carboxylic acids is 1. The SMILES string of the molecule is CCC(=O)Nc1cncc(-c2ccc3[nH]nc(-c4cc5c(-c6ccncc6)nccc5[nH]4)c3c2)c1. The normalized spacial score (nSPS) is 11.2. The highest BCUT2D eigenvalue weighted by molar-refractivity contribution is 6.01. The molecule has 0 aliphatic carbocycles. The van der Waals surface area contributed by atoms with E-state index in [4.69, 9.17) is 0 Å². The second-order valence-corrected chi connectivity index (χ2v) is 8.24. The Morgan fingerprint density at radius 1 is 0.829 bits per heavy atom. The number of carbonyl (C=O) groups is 1. The van der Waals surface area contributed by atoms with E-state index in [2.05, 4.69) is 47.6 Å². The highest BCUT2D eigenvalue weighted by atomic mass is 16.1. The summed E-state index contributed by atoms with van der Waals surface area (Å²) in [6.45, 7) is 1.82. The van der Waals surface area contributed by atoms with E-state index in [9.17, 15) is 4.79 Å². The molecule has 0 aliphatic heterocycles. The van der Waals surface area contributed by atoms with Gasteiger partial charge in [-0.2, -0.15) is 5.10 Å². The van der Waals surface area contributed by atoms with Crippen LogP contribution in [-0.4, -0.2) is 36.0 Å². The first kappa shape index (κ1) is 20.7. The van der Waals surface area contributed by atoms with Gasteiger partial charge in [-0.15, -0.1) is 0 Å². The van der Waals surface area contributed by atoms with E-state index in [1.807, 2.05) is 43.3 Å². The minimum Gasteiger partial charge on any atom is -0.353 e. The Balaban J connectivity index is 1.43. The highest BCUT2D eigenvalue weighted by Gasteiger charge is 2.15. The molecule has 6 rings (SSSR count). The van der Waals surface area contributed by atoms with Gasteiger partial charge in [-0.3, -0.25) is 24.8 Å². The third kappa shape index (κ3) is 3.80. The summed E-state index contributed by atoms with van der Waals surface area (Å²) in [7, 11) is 0. The number of anilines is 1. The van der Waals surface area contributed by atoms with Crippen molar-refractivity contribution in [3.8, 4) is 33.8 Å². The number of aromatic amines is 2. The number of hydrogen-bond donors (Lipinski definition) is 3. The number of benzene rings is 1. The van der Waals surface area contributed by atoms with E-state index >= 15 is 0 Å². The first-order valence-electron chi connectivity index (χ1n) is 11.3. The van der Waals surface area contributed by atoms with Crippen molar-refractivity contribution in [1.82, 2.24) is 30.1 Å². The molecule has 1 amide bonds. The molecule has 8 heteroatoms. The molecule has 6 aromatic rings. The van der Waals surface area contributed by atoms with Crippen molar-refractivity contribution >= 4 is 33.4 Å². The van der Waals surface area contributed by atoms with E-state index < -0.39 is 0 Å². The van der Waals surface area contributed by atoms with Crippen LogP contribution in [0.4, 0.5) is 5.69 Å². The molecule has 170 valence electrons. The predicted molar refractivity (Wildman–Crippen MR) is 137 cm³/mol. The van der Waals surface area contributed by atoms with Gasteiger partial charge in [0.15, 0.2) is 0 Å². The Morgan fingerprint density at radius 2 is 1.69 bits per heavy atom. The molecule has 35 heavy (non-hydrogen) atoms. The summed E-state index contributed by atoms with van der Waals surface area (Å²) in [5, 5.41) is 12.6. The Hall–Kier alpha value is -4.85. The van der Waals surface area contributed by atoms with Gasteiger partial charge in [-0.1, -0.05) is 13.0 Å². The maximum atomic E-state index is 11.8. The third-order valence-corrected chi connectivity index (χ3v) is 6.00. The molecule has 5 heterocycles. The molecule has 0 spiro atoms. The molecule has 3 N–H and O–H groups in total. The van der Waals surface area contributed by atoms with Gasteiger partial charge >= 0.3 is 0 Å². The summed E-state index contributed by atoms with van der Waals surface area (Å²) in [5.74, 6) is -0.0454. The first-order chi connectivity index (χ1) is 17.2. The highest BCUT2D eigenvalue weighted by Crippen LogP contribution is 2.34. The summed E-state index contributed by atoms with van der Waals surface area (Å²) >= 11 is 0. The van der Waals surface area contributed by atoms with Gasteiger partial charge in [0.05, 0.1) is 28.8 Å². The molecule has 0 radical (unpaired) electrons. The molecule has 0 fully saturated rings. The Labute approximate surface area is 200 Å². The number of rotatable bonds is 5. The molecular formula is C27H21N7O. The average Bonchev–Trinajstić information content (AvgIpc) is 3.53. The van der Waals surface area contributed by atoms with Crippen LogP contribution < -0.4 is 5.32 Å². The van der Waals surface area contributed by atoms with Crippen LogP contribution >= 0.6 is 0 Å². The topological polar surface area (TPSA) is 112 Å². The van der Waals surface area contributed by atoms with Crippen molar-refractivity contribution in [2.75, 3.05) is 5.32 Å². The van der Waals surface area contributed by atoms with E-state index in [0.29, 0.717) is 12.1 Å². The van der Waals surface area contributed by atoms with Gasteiger partial charge in [0.25, 0.3) is 0 Å². The zero-order valence-corrected chi connectivity index (χ0v) is 18.9. The van der Waals surface area contributed by atoms with Crippen LogP contribution in [0.15, 0.2) is 79.5 Å². The lowest BCUT2D eigenvalue weighted by Gasteiger charge is -2.06. The van der Waals surface area contributed by atoms with Gasteiger partial charge in [0, 0.05) is 58.6 Å². The molecule has 0 saturated heterocycles. The zero-order valence-electron chi connectivity index (χ0n) is 18.9. The lowest BCUT2D eigenvalue weighted by atomic mass is 10.0. The van der Waals surface area contributed by atoms with Crippen molar-refractivity contribution in [2.24, 2.45) is 0 Å². The second-order valence-electron chi connectivity index (χ2n) is 8.24. The maximum absolute atomic E-state index is 11.8. The van der Waals surface area contributed by atoms with Gasteiger partial charge in [0.2, 0.25) is 5.91 Å². The van der Waals surface area contributed by atoms with Crippen molar-refractivity contribution in [1.29, 1.82) is 0 Å². The third-order valence-electron chi connectivity index (χ3n) is 6.00. The molecule has 8 nitrogen and oxygen atoms in total. The first-order valence-corrected chi connectivity index (χ1v) is 11.3. The Kier molecular flexibility index (Phi) is 5.03. The zero-order chi connectivity index (χ0) is 23.8. The van der Waals surface area contributed by atoms with Crippen LogP contribution in [0.3, 0.4) is 0 Å². The fourth-order valence-corrected chi connectivity index (χ4v) is 4.24. The maximum Gasteiger partial charge on any atom is 0.224 e. The number of amides is 1. The standard InChI is InChI=1S/C27H21N7O/c1-2-25(35)31-19-11-18(14-29-15-19)17-3-4-23-20(12-17)27(34-33-23)24-13-21-22(32-24)7-10-30-26(21)16-5-8-28-9-6-16/h3-15,32H,2H2,1H3,(H,31,35)(H,33,34). The Morgan fingerprint density at radius 3 is 2.54 bits per heavy atom. The molecule has 5 aromatic heterocycles.